The van der Waals surface area contributed by atoms with Crippen LogP contribution in [0.1, 0.15) is 22.7 Å². The van der Waals surface area contributed by atoms with Crippen LogP contribution in [0.4, 0.5) is 0 Å². The van der Waals surface area contributed by atoms with Crippen LogP contribution in [0.15, 0.2) is 18.2 Å². The predicted octanol–water partition coefficient (Wildman–Crippen LogP) is 3.59. The molecule has 1 unspecified atom stereocenters. The number of phenolic OH excluding ortho intramolecular Hbond substituents is 1. The summed E-state index contributed by atoms with van der Waals surface area (Å²) in [4.78, 5) is 2.38. The van der Waals surface area contributed by atoms with E-state index in [1.807, 2.05) is 12.1 Å². The summed E-state index contributed by atoms with van der Waals surface area (Å²) in [6.45, 7) is 1.00. The smallest absolute Gasteiger partial charge is 0.169 e. The van der Waals surface area contributed by atoms with Crippen LogP contribution >= 0.6 is 12.4 Å². The molecule has 0 radical (unpaired) electrons. The van der Waals surface area contributed by atoms with Gasteiger partial charge in [0.1, 0.15) is 0 Å². The number of fused-ring (bicyclic) bond motifs is 2. The molecule has 2 aromatic carbocycles. The fraction of sp³-hybridized carbons (Fsp3) is 0.400. The third kappa shape index (κ3) is 2.49. The first-order chi connectivity index (χ1) is 12.1. The summed E-state index contributed by atoms with van der Waals surface area (Å²) >= 11 is 0. The minimum absolute atomic E-state index is 0. The Morgan fingerprint density at radius 3 is 2.38 bits per heavy atom. The van der Waals surface area contributed by atoms with Gasteiger partial charge in [0.25, 0.3) is 0 Å². The molecule has 1 aliphatic heterocycles. The highest BCUT2D eigenvalue weighted by Gasteiger charge is 2.38. The highest BCUT2D eigenvalue weighted by molar-refractivity contribution is 5.88. The van der Waals surface area contributed by atoms with Crippen LogP contribution in [-0.2, 0) is 12.8 Å². The van der Waals surface area contributed by atoms with Crippen molar-refractivity contribution in [2.45, 2.75) is 18.9 Å². The van der Waals surface area contributed by atoms with E-state index in [1.54, 1.807) is 21.3 Å². The lowest BCUT2D eigenvalue weighted by Gasteiger charge is -2.40. The lowest BCUT2D eigenvalue weighted by molar-refractivity contribution is 0.226. The van der Waals surface area contributed by atoms with Crippen LogP contribution in [-0.4, -0.2) is 44.9 Å². The number of halogens is 1. The summed E-state index contributed by atoms with van der Waals surface area (Å²) in [5.41, 5.74) is 5.34. The Balaban J connectivity index is 0.00000196. The topological polar surface area (TPSA) is 51.2 Å². The third-order valence-corrected chi connectivity index (χ3v) is 5.51. The van der Waals surface area contributed by atoms with E-state index in [1.165, 1.54) is 11.1 Å². The summed E-state index contributed by atoms with van der Waals surface area (Å²) < 4.78 is 16.7. The van der Waals surface area contributed by atoms with Gasteiger partial charge in [0.2, 0.25) is 0 Å². The number of aromatic hydroxyl groups is 1. The number of hydrogen-bond acceptors (Lipinski definition) is 5. The predicted molar refractivity (Wildman–Crippen MR) is 103 cm³/mol. The second kappa shape index (κ2) is 6.89. The number of benzene rings is 2. The third-order valence-electron chi connectivity index (χ3n) is 5.51. The maximum Gasteiger partial charge on any atom is 0.169 e. The van der Waals surface area contributed by atoms with Crippen molar-refractivity contribution in [1.29, 1.82) is 0 Å². The fourth-order valence-corrected chi connectivity index (χ4v) is 4.26. The molecule has 5 nitrogen and oxygen atoms in total. The van der Waals surface area contributed by atoms with Gasteiger partial charge in [-0.3, -0.25) is 4.90 Å². The molecule has 26 heavy (non-hydrogen) atoms. The highest BCUT2D eigenvalue weighted by atomic mass is 35.5. The standard InChI is InChI=1S/C20H23NO4.ClH/c1-21-8-7-12-10-15(24-3)20(25-4)18-16(12)13(21)9-11-5-6-14(23-2)19(22)17(11)18;/h5-6,10,13,22H,7-9H2,1-4H3;1H. The maximum atomic E-state index is 10.9. The molecule has 1 aliphatic carbocycles. The van der Waals surface area contributed by atoms with Gasteiger partial charge in [-0.1, -0.05) is 6.07 Å². The summed E-state index contributed by atoms with van der Waals surface area (Å²) in [5, 5.41) is 10.9. The van der Waals surface area contributed by atoms with Crippen molar-refractivity contribution in [2.24, 2.45) is 0 Å². The van der Waals surface area contributed by atoms with Gasteiger partial charge in [-0.15, -0.1) is 12.4 Å². The van der Waals surface area contributed by atoms with Gasteiger partial charge in [-0.25, -0.2) is 0 Å². The van der Waals surface area contributed by atoms with Gasteiger partial charge >= 0.3 is 0 Å². The fourth-order valence-electron chi connectivity index (χ4n) is 4.26. The number of likely N-dealkylation sites (N-methyl/N-ethyl adjacent to an activating group) is 1. The molecule has 1 atom stereocenters. The Hall–Kier alpha value is -2.11. The zero-order chi connectivity index (χ0) is 17.7. The minimum Gasteiger partial charge on any atom is -0.504 e. The number of ether oxygens (including phenoxy) is 3. The van der Waals surface area contributed by atoms with Gasteiger partial charge < -0.3 is 19.3 Å². The van der Waals surface area contributed by atoms with Crippen molar-refractivity contribution in [3.63, 3.8) is 0 Å². The van der Waals surface area contributed by atoms with Crippen LogP contribution in [0, 0.1) is 0 Å². The van der Waals surface area contributed by atoms with Gasteiger partial charge in [0, 0.05) is 23.7 Å². The summed E-state index contributed by atoms with van der Waals surface area (Å²) in [6.07, 6.45) is 1.81. The summed E-state index contributed by atoms with van der Waals surface area (Å²) in [5.74, 6) is 2.01. The van der Waals surface area contributed by atoms with Crippen LogP contribution in [0.3, 0.4) is 0 Å². The number of nitrogens with zero attached hydrogens (tertiary/aromatic N) is 1. The van der Waals surface area contributed by atoms with Crippen molar-refractivity contribution < 1.29 is 19.3 Å². The van der Waals surface area contributed by atoms with E-state index in [0.717, 1.165) is 36.1 Å². The van der Waals surface area contributed by atoms with Gasteiger partial charge in [0.05, 0.1) is 21.3 Å². The van der Waals surface area contributed by atoms with Crippen molar-refractivity contribution in [1.82, 2.24) is 4.90 Å². The molecule has 1 N–H and O–H groups in total. The molecule has 0 spiro atoms. The van der Waals surface area contributed by atoms with Gasteiger partial charge in [0.15, 0.2) is 23.0 Å². The number of rotatable bonds is 3. The molecule has 0 fully saturated rings. The van der Waals surface area contributed by atoms with Crippen LogP contribution in [0.5, 0.6) is 23.0 Å². The lowest BCUT2D eigenvalue weighted by Crippen LogP contribution is -2.35. The minimum atomic E-state index is 0. The van der Waals surface area contributed by atoms with E-state index in [0.29, 0.717) is 17.2 Å². The Morgan fingerprint density at radius 1 is 1.00 bits per heavy atom. The molecule has 2 aromatic rings. The van der Waals surface area contributed by atoms with Gasteiger partial charge in [-0.05, 0) is 48.7 Å². The van der Waals surface area contributed by atoms with E-state index >= 15 is 0 Å². The second-order valence-corrected chi connectivity index (χ2v) is 6.66. The van der Waals surface area contributed by atoms with Crippen molar-refractivity contribution in [3.8, 4) is 34.1 Å². The molecule has 0 amide bonds. The molecule has 140 valence electrons. The average Bonchev–Trinajstić information content (AvgIpc) is 2.63. The average molecular weight is 378 g/mol. The monoisotopic (exact) mass is 377 g/mol. The van der Waals surface area contributed by atoms with Crippen molar-refractivity contribution in [2.75, 3.05) is 34.9 Å². The van der Waals surface area contributed by atoms with Crippen molar-refractivity contribution in [3.05, 3.63) is 34.9 Å². The number of methoxy groups -OCH3 is 3. The van der Waals surface area contributed by atoms with E-state index < -0.39 is 0 Å². The van der Waals surface area contributed by atoms with Gasteiger partial charge in [-0.2, -0.15) is 0 Å². The highest BCUT2D eigenvalue weighted by Crippen LogP contribution is 2.55. The Bertz CT molecular complexity index is 852. The number of hydrogen-bond donors (Lipinski definition) is 1. The molecular formula is C20H24ClNO4. The van der Waals surface area contributed by atoms with E-state index in [4.69, 9.17) is 14.2 Å². The molecule has 1 heterocycles. The van der Waals surface area contributed by atoms with Crippen LogP contribution in [0.25, 0.3) is 11.1 Å². The molecule has 0 bridgehead atoms. The molecule has 6 heteroatoms. The zero-order valence-corrected chi connectivity index (χ0v) is 16.3. The second-order valence-electron chi connectivity index (χ2n) is 6.66. The Morgan fingerprint density at radius 2 is 1.73 bits per heavy atom. The Kier molecular flexibility index (Phi) is 4.95. The molecule has 4 rings (SSSR count). The van der Waals surface area contributed by atoms with Crippen LogP contribution < -0.4 is 14.2 Å². The van der Waals surface area contributed by atoms with E-state index in [-0.39, 0.29) is 24.2 Å². The molecule has 2 aliphatic rings. The quantitative estimate of drug-likeness (QED) is 0.885. The zero-order valence-electron chi connectivity index (χ0n) is 15.5. The first-order valence-corrected chi connectivity index (χ1v) is 8.47. The largest absolute Gasteiger partial charge is 0.504 e. The lowest BCUT2D eigenvalue weighted by atomic mass is 9.76. The normalized spacial score (nSPS) is 17.6. The SMILES string of the molecule is COc1ccc2c(c1O)-c1c(OC)c(OC)cc3c1C(C2)N(C)CC3.Cl. The van der Waals surface area contributed by atoms with Crippen LogP contribution in [0.2, 0.25) is 0 Å². The van der Waals surface area contributed by atoms with Crippen molar-refractivity contribution >= 4 is 12.4 Å². The molecule has 0 aromatic heterocycles. The first-order valence-electron chi connectivity index (χ1n) is 8.47. The summed E-state index contributed by atoms with van der Waals surface area (Å²) in [7, 11) is 7.02. The van der Waals surface area contributed by atoms with E-state index in [9.17, 15) is 5.11 Å². The molecular weight excluding hydrogens is 354 g/mol. The maximum absolute atomic E-state index is 10.9. The number of phenols is 1. The first kappa shape index (κ1) is 18.7. The van der Waals surface area contributed by atoms with E-state index in [2.05, 4.69) is 18.0 Å². The molecule has 0 saturated heterocycles. The molecule has 0 saturated carbocycles. The summed E-state index contributed by atoms with van der Waals surface area (Å²) in [6, 6.07) is 6.23. The Labute approximate surface area is 159 Å².